The number of benzene rings is 4. The summed E-state index contributed by atoms with van der Waals surface area (Å²) in [5, 5.41) is 74.8. The molecule has 5 aromatic rings. The lowest BCUT2D eigenvalue weighted by molar-refractivity contribution is -0.144. The highest BCUT2D eigenvalue weighted by atomic mass is 32.2. The number of nitrogens with two attached hydrogens (primary N) is 4. The minimum atomic E-state index is -1.88. The summed E-state index contributed by atoms with van der Waals surface area (Å²) >= 11 is 1.49. The highest BCUT2D eigenvalue weighted by Crippen LogP contribution is 2.25. The zero-order valence-corrected chi connectivity index (χ0v) is 76.5. The number of aromatic hydroxyl groups is 1. The average molecular weight is 1830 g/mol. The van der Waals surface area contributed by atoms with Gasteiger partial charge < -0.3 is 117 Å². The third-order valence-corrected chi connectivity index (χ3v) is 23.0. The van der Waals surface area contributed by atoms with Gasteiger partial charge in [0, 0.05) is 55.9 Å². The first kappa shape index (κ1) is 107. The van der Waals surface area contributed by atoms with E-state index in [1.807, 2.05) is 18.4 Å². The van der Waals surface area contributed by atoms with Crippen LogP contribution in [0.15, 0.2) is 115 Å². The molecule has 39 heteroatoms. The van der Waals surface area contributed by atoms with Crippen molar-refractivity contribution in [1.29, 1.82) is 5.41 Å². The number of rotatable bonds is 55. The summed E-state index contributed by atoms with van der Waals surface area (Å²) in [6, 6.07) is 10.1. The first-order chi connectivity index (χ1) is 61.7. The van der Waals surface area contributed by atoms with Crippen molar-refractivity contribution in [3.63, 3.8) is 0 Å². The Kier molecular flexibility index (Phi) is 44.0. The number of likely N-dealkylation sites (tertiary alicyclic amines) is 1. The number of carbonyl (C=O) groups is 15. The molecule has 16 atom stereocenters. The molecule has 0 radical (unpaired) electrons. The molecule has 0 bridgehead atoms. The maximum Gasteiger partial charge on any atom is 0.326 e. The van der Waals surface area contributed by atoms with Gasteiger partial charge in [-0.15, -0.1) is 0 Å². The number of hydrogen-bond donors (Lipinski definition) is 22. The number of carbonyl (C=O) groups excluding carboxylic acids is 14. The Balaban J connectivity index is 1.22. The van der Waals surface area contributed by atoms with Gasteiger partial charge in [0.1, 0.15) is 84.3 Å². The number of phenolic OH excluding ortho intramolecular Hbond substituents is 1. The van der Waals surface area contributed by atoms with E-state index in [1.165, 1.54) is 47.9 Å². The lowest BCUT2D eigenvalue weighted by Gasteiger charge is -2.33. The first-order valence-corrected chi connectivity index (χ1v) is 45.7. The third kappa shape index (κ3) is 34.7. The Hall–Kier alpha value is -12.2. The molecule has 6 rings (SSSR count). The van der Waals surface area contributed by atoms with Crippen molar-refractivity contribution in [2.24, 2.45) is 46.6 Å². The summed E-state index contributed by atoms with van der Waals surface area (Å²) in [6.07, 6.45) is 1.64. The van der Waals surface area contributed by atoms with Gasteiger partial charge in [-0.2, -0.15) is 11.8 Å². The van der Waals surface area contributed by atoms with Gasteiger partial charge in [-0.25, -0.2) is 4.79 Å². The number of aromatic nitrogens is 1. The Labute approximate surface area is 762 Å². The summed E-state index contributed by atoms with van der Waals surface area (Å²) in [6.45, 7) is 15.2. The largest absolute Gasteiger partial charge is 0.508 e. The van der Waals surface area contributed by atoms with Gasteiger partial charge in [-0.1, -0.05) is 153 Å². The fourth-order valence-electron chi connectivity index (χ4n) is 15.0. The molecule has 130 heavy (non-hydrogen) atoms. The summed E-state index contributed by atoms with van der Waals surface area (Å²) in [4.78, 5) is 220. The number of aromatic amines is 1. The number of guanidine groups is 1. The van der Waals surface area contributed by atoms with Crippen LogP contribution in [-0.2, 0) is 97.6 Å². The highest BCUT2D eigenvalue weighted by molar-refractivity contribution is 7.98. The average Bonchev–Trinajstić information content (AvgIpc) is 1.63. The van der Waals surface area contributed by atoms with Gasteiger partial charge in [0.15, 0.2) is 5.96 Å². The smallest absolute Gasteiger partial charge is 0.326 e. The van der Waals surface area contributed by atoms with Crippen molar-refractivity contribution in [2.75, 3.05) is 31.6 Å². The van der Waals surface area contributed by atoms with E-state index < -0.39 is 204 Å². The van der Waals surface area contributed by atoms with Gasteiger partial charge in [0.05, 0.1) is 18.6 Å². The third-order valence-electron chi connectivity index (χ3n) is 22.4. The van der Waals surface area contributed by atoms with Crippen molar-refractivity contribution < 1.29 is 87.2 Å². The van der Waals surface area contributed by atoms with Crippen LogP contribution < -0.4 is 92.1 Å². The summed E-state index contributed by atoms with van der Waals surface area (Å²) in [7, 11) is 0. The van der Waals surface area contributed by atoms with Crippen LogP contribution >= 0.6 is 11.8 Å². The van der Waals surface area contributed by atoms with Crippen LogP contribution in [0, 0.1) is 29.1 Å². The molecule has 0 saturated carbocycles. The molecule has 2 heterocycles. The van der Waals surface area contributed by atoms with Crippen molar-refractivity contribution in [1.82, 2.24) is 79.0 Å². The summed E-state index contributed by atoms with van der Waals surface area (Å²) in [5.41, 5.74) is 26.5. The van der Waals surface area contributed by atoms with Crippen molar-refractivity contribution in [2.45, 2.75) is 256 Å². The molecule has 1 aliphatic heterocycles. The number of carboxylic acids is 1. The molecular weight excluding hydrogens is 1690 g/mol. The second-order valence-electron chi connectivity index (χ2n) is 34.3. The van der Waals surface area contributed by atoms with Gasteiger partial charge in [-0.05, 0) is 154 Å². The van der Waals surface area contributed by atoms with Gasteiger partial charge in [-0.3, -0.25) is 72.5 Å². The quantitative estimate of drug-likeness (QED) is 0.0144. The zero-order valence-electron chi connectivity index (χ0n) is 75.7. The Bertz CT molecular complexity index is 4620. The highest BCUT2D eigenvalue weighted by Gasteiger charge is 2.44. The first-order valence-electron chi connectivity index (χ1n) is 44.3. The molecule has 14 amide bonds. The van der Waals surface area contributed by atoms with Crippen LogP contribution in [0.2, 0.25) is 0 Å². The number of aliphatic hydroxyl groups excluding tert-OH is 1. The Morgan fingerprint density at radius 2 is 0.954 bits per heavy atom. The van der Waals surface area contributed by atoms with E-state index in [1.54, 1.807) is 134 Å². The van der Waals surface area contributed by atoms with Crippen molar-refractivity contribution >= 4 is 117 Å². The number of primary amides is 1. The second kappa shape index (κ2) is 53.7. The Morgan fingerprint density at radius 3 is 1.45 bits per heavy atom. The molecule has 1 saturated heterocycles. The van der Waals surface area contributed by atoms with E-state index in [0.717, 1.165) is 10.9 Å². The van der Waals surface area contributed by atoms with Crippen molar-refractivity contribution in [3.05, 3.63) is 138 Å². The van der Waals surface area contributed by atoms with Crippen LogP contribution in [0.5, 0.6) is 5.75 Å². The molecule has 0 unspecified atom stereocenters. The van der Waals surface area contributed by atoms with Crippen LogP contribution in [0.4, 0.5) is 0 Å². The van der Waals surface area contributed by atoms with Crippen molar-refractivity contribution in [3.8, 4) is 5.75 Å². The van der Waals surface area contributed by atoms with Crippen LogP contribution in [0.3, 0.4) is 0 Å². The van der Waals surface area contributed by atoms with E-state index >= 15 is 19.2 Å². The molecule has 1 aliphatic rings. The van der Waals surface area contributed by atoms with Crippen LogP contribution in [0.25, 0.3) is 10.9 Å². The lowest BCUT2D eigenvalue weighted by atomic mass is 9.96. The normalized spacial score (nSPS) is 16.0. The van der Waals surface area contributed by atoms with E-state index in [2.05, 4.69) is 74.1 Å². The topological polar surface area (TPSA) is 620 Å². The molecule has 712 valence electrons. The lowest BCUT2D eigenvalue weighted by Crippen LogP contribution is -2.62. The summed E-state index contributed by atoms with van der Waals surface area (Å²) < 4.78 is 0. The number of nitrogens with zero attached hydrogens (tertiary/aromatic N) is 1. The molecule has 0 aliphatic carbocycles. The number of aliphatic carboxylic acids is 1. The molecule has 26 N–H and O–H groups in total. The van der Waals surface area contributed by atoms with Gasteiger partial charge >= 0.3 is 5.97 Å². The number of nitrogens with one attached hydrogen (secondary N) is 15. The predicted octanol–water partition coefficient (Wildman–Crippen LogP) is 0.560. The number of aliphatic hydroxyl groups is 1. The molecule has 38 nitrogen and oxygen atoms in total. The zero-order chi connectivity index (χ0) is 96.0. The van der Waals surface area contributed by atoms with Crippen LogP contribution in [-0.4, -0.2) is 242 Å². The number of thioether (sulfide) groups is 1. The van der Waals surface area contributed by atoms with E-state index in [9.17, 15) is 68.1 Å². The molecule has 1 fully saturated rings. The number of carboxylic acid groups (broad SMARTS) is 1. The number of hydrogen-bond acceptors (Lipinski definition) is 21. The predicted molar refractivity (Wildman–Crippen MR) is 491 cm³/mol. The number of amides is 14. The standard InChI is InChI=1S/C91H134N20O18S/c1-11-53(8)75(89(127)111-40-23-32-72(111)86(124)108-74(52(6)7)87(125)110-76(54(9)112)88(126)106-66(43-51(4)5)81(119)107-71(90(128)129)47-58-49-98-62-29-19-18-28-60(58)62)109-85(123)69(45-56-26-16-13-17-27-56)103-78(116)63(30-20-21-38-92)99-84(122)70(48-73(94)114)105-79(117)64(31-22-39-97-91(95)96)100-82(120)68(46-57-33-35-59(113)36-34-57)104-80(118)65(42-50(2)3)102-83(121)67(44-55-24-14-12-15-25-55)101-77(115)61(93)37-41-130-10/h12-19,24-29,33-36,49-54,61,63-72,74-76,98,112-113H,11,20-23,30-32,37-48,92-93H2,1-10H3,(H2,94,114)(H,99,122)(H,100,120)(H,101,115)(H,102,121)(H,103,116)(H,104,118)(H,105,117)(H,106,126)(H,107,119)(H,108,124)(H,109,123)(H,110,125)(H,128,129)(H4,95,96,97)/t53-,54+,61-,63-,64-,65-,66-,67-,68-,69-,70-,71-,72-,74-,75-,76-/m0/s1. The fraction of sp³-hybridized carbons (Fsp3) is 0.538. The number of fused-ring (bicyclic) bond motifs is 1. The molecule has 4 aromatic carbocycles. The van der Waals surface area contributed by atoms with E-state index in [4.69, 9.17) is 28.3 Å². The summed E-state index contributed by atoms with van der Waals surface area (Å²) in [5.74, 6) is -15.6. The monoisotopic (exact) mass is 1830 g/mol. The SMILES string of the molecule is CC[C@H](C)[C@H](NC(=O)[C@H](Cc1ccccc1)NC(=O)[C@H](CCCCN)NC(=O)[C@H](CC(N)=O)NC(=O)[C@H](CCCNC(=N)N)NC(=O)[C@H](Cc1ccc(O)cc1)NC(=O)[C@H](CC(C)C)NC(=O)[C@H](Cc1ccccc1)NC(=O)[C@@H](N)CCSC)C(=O)N1CCC[C@H]1C(=O)N[C@H](C(=O)N[C@H](C(=O)N[C@@H](CC(C)C)C(=O)N[C@@H](Cc1c[nH]c2ccccc12)C(=O)O)[C@@H](C)O)C(C)C. The van der Waals surface area contributed by atoms with Gasteiger partial charge in [0.2, 0.25) is 82.7 Å². The maximum atomic E-state index is 15.2. The fourth-order valence-corrected chi connectivity index (χ4v) is 15.5. The molecule has 0 spiro atoms. The maximum absolute atomic E-state index is 15.2. The minimum Gasteiger partial charge on any atom is -0.508 e. The number of phenols is 1. The number of unbranched alkanes of at least 4 members (excludes halogenated alkanes) is 1. The molecule has 1 aromatic heterocycles. The minimum absolute atomic E-state index is 0.00855. The molecular formula is C91H134N20O18S. The van der Waals surface area contributed by atoms with E-state index in [0.29, 0.717) is 53.7 Å². The number of H-pyrrole nitrogens is 1. The van der Waals surface area contributed by atoms with Crippen LogP contribution in [0.1, 0.15) is 162 Å². The Morgan fingerprint density at radius 1 is 0.508 bits per heavy atom. The second-order valence-corrected chi connectivity index (χ2v) is 35.3. The van der Waals surface area contributed by atoms with E-state index in [-0.39, 0.29) is 108 Å². The van der Waals surface area contributed by atoms with Gasteiger partial charge in [0.25, 0.3) is 0 Å². The number of para-hydroxylation sites is 1.